The second kappa shape index (κ2) is 5.31. The van der Waals surface area contributed by atoms with Gasteiger partial charge in [0.1, 0.15) is 5.82 Å². The van der Waals surface area contributed by atoms with Gasteiger partial charge < -0.3 is 10.0 Å². The molecule has 1 atom stereocenters. The predicted molar refractivity (Wildman–Crippen MR) is 78.4 cm³/mol. The average Bonchev–Trinajstić information content (AvgIpc) is 3.13. The van der Waals surface area contributed by atoms with E-state index < -0.39 is 6.10 Å². The Bertz CT molecular complexity index is 518. The van der Waals surface area contributed by atoms with E-state index in [1.807, 2.05) is 12.1 Å². The lowest BCUT2D eigenvalue weighted by atomic mass is 10.2. The van der Waals surface area contributed by atoms with Crippen LogP contribution in [0.5, 0.6) is 0 Å². The molecule has 1 N–H and O–H groups in total. The smallest absolute Gasteiger partial charge is 0.129 e. The molecule has 3 nitrogen and oxygen atoms in total. The van der Waals surface area contributed by atoms with Gasteiger partial charge in [-0.3, -0.25) is 0 Å². The largest absolute Gasteiger partial charge is 0.389 e. The molecule has 19 heavy (non-hydrogen) atoms. The molecule has 0 spiro atoms. The average molecular weight is 274 g/mol. The first kappa shape index (κ1) is 12.6. The van der Waals surface area contributed by atoms with E-state index in [2.05, 4.69) is 27.4 Å². The monoisotopic (exact) mass is 274 g/mol. The number of aliphatic hydroxyl groups is 1. The van der Waals surface area contributed by atoms with E-state index in [4.69, 9.17) is 0 Å². The van der Waals surface area contributed by atoms with Crippen molar-refractivity contribution < 1.29 is 5.11 Å². The highest BCUT2D eigenvalue weighted by molar-refractivity contribution is 7.09. The van der Waals surface area contributed by atoms with Crippen molar-refractivity contribution in [1.29, 1.82) is 0 Å². The van der Waals surface area contributed by atoms with Gasteiger partial charge in [0.05, 0.1) is 12.6 Å². The van der Waals surface area contributed by atoms with E-state index >= 15 is 0 Å². The first-order chi connectivity index (χ1) is 9.24. The number of hydrogen-bond acceptors (Lipinski definition) is 4. The van der Waals surface area contributed by atoms with Gasteiger partial charge in [-0.1, -0.05) is 12.1 Å². The van der Waals surface area contributed by atoms with Gasteiger partial charge in [0.2, 0.25) is 0 Å². The van der Waals surface area contributed by atoms with Crippen molar-refractivity contribution in [2.45, 2.75) is 38.5 Å². The van der Waals surface area contributed by atoms with Crippen LogP contribution in [0.15, 0.2) is 35.8 Å². The summed E-state index contributed by atoms with van der Waals surface area (Å²) >= 11 is 1.79. The molecule has 1 saturated carbocycles. The number of anilines is 1. The molecule has 0 unspecified atom stereocenters. The predicted octanol–water partition coefficient (Wildman–Crippen LogP) is 3.37. The van der Waals surface area contributed by atoms with Crippen molar-refractivity contribution in [3.05, 3.63) is 46.3 Å². The molecule has 3 rings (SSSR count). The van der Waals surface area contributed by atoms with E-state index in [9.17, 15) is 5.11 Å². The lowest BCUT2D eigenvalue weighted by Gasteiger charge is -2.23. The zero-order valence-corrected chi connectivity index (χ0v) is 11.8. The van der Waals surface area contributed by atoms with Gasteiger partial charge >= 0.3 is 0 Å². The Kier molecular flexibility index (Phi) is 3.53. The summed E-state index contributed by atoms with van der Waals surface area (Å²) < 4.78 is 0. The summed E-state index contributed by atoms with van der Waals surface area (Å²) in [6.45, 7) is 2.70. The second-order valence-corrected chi connectivity index (χ2v) is 6.10. The molecule has 2 heterocycles. The molecule has 4 heteroatoms. The summed E-state index contributed by atoms with van der Waals surface area (Å²) in [4.78, 5) is 8.25. The number of aliphatic hydroxyl groups excluding tert-OH is 1. The third-order valence-electron chi connectivity index (χ3n) is 3.44. The summed E-state index contributed by atoms with van der Waals surface area (Å²) in [5.74, 6) is 1.01. The molecule has 1 aliphatic rings. The van der Waals surface area contributed by atoms with Crippen LogP contribution in [0.4, 0.5) is 5.82 Å². The minimum absolute atomic E-state index is 0.451. The topological polar surface area (TPSA) is 36.4 Å². The first-order valence-electron chi connectivity index (χ1n) is 6.67. The van der Waals surface area contributed by atoms with Gasteiger partial charge in [0.15, 0.2) is 0 Å². The molecule has 0 bridgehead atoms. The van der Waals surface area contributed by atoms with Gasteiger partial charge in [-0.05, 0) is 42.8 Å². The van der Waals surface area contributed by atoms with Crippen molar-refractivity contribution in [2.75, 3.05) is 4.90 Å². The number of thiophene rings is 1. The fraction of sp³-hybridized carbons (Fsp3) is 0.400. The molecule has 0 radical (unpaired) electrons. The Hall–Kier alpha value is -1.39. The summed E-state index contributed by atoms with van der Waals surface area (Å²) in [5.41, 5.74) is 0.871. The molecule has 0 amide bonds. The van der Waals surface area contributed by atoms with Crippen LogP contribution in [-0.2, 0) is 6.54 Å². The van der Waals surface area contributed by atoms with E-state index in [-0.39, 0.29) is 0 Å². The lowest BCUT2D eigenvalue weighted by Crippen LogP contribution is -2.25. The minimum atomic E-state index is -0.451. The molecule has 1 aliphatic carbocycles. The Morgan fingerprint density at radius 1 is 1.42 bits per heavy atom. The standard InChI is InChI=1S/C15H18N2OS/c1-11(18)12-4-7-15(16-9-12)17(13-5-6-13)10-14-3-2-8-19-14/h2-4,7-9,11,13,18H,5-6,10H2,1H3/t11-/m0/s1. The van der Waals surface area contributed by atoms with Crippen molar-refractivity contribution in [2.24, 2.45) is 0 Å². The zero-order chi connectivity index (χ0) is 13.2. The van der Waals surface area contributed by atoms with Crippen LogP contribution >= 0.6 is 11.3 Å². The maximum absolute atomic E-state index is 9.53. The number of aromatic nitrogens is 1. The van der Waals surface area contributed by atoms with Crippen molar-refractivity contribution >= 4 is 17.2 Å². The highest BCUT2D eigenvalue weighted by Crippen LogP contribution is 2.33. The summed E-state index contributed by atoms with van der Waals surface area (Å²) in [6, 6.07) is 8.89. The third kappa shape index (κ3) is 2.96. The van der Waals surface area contributed by atoms with Gasteiger partial charge in [-0.25, -0.2) is 4.98 Å². The van der Waals surface area contributed by atoms with Crippen LogP contribution in [0, 0.1) is 0 Å². The Labute approximate surface area is 117 Å². The summed E-state index contributed by atoms with van der Waals surface area (Å²) in [7, 11) is 0. The maximum atomic E-state index is 9.53. The quantitative estimate of drug-likeness (QED) is 0.908. The summed E-state index contributed by atoms with van der Waals surface area (Å²) in [5, 5.41) is 11.6. The molecule has 0 aliphatic heterocycles. The van der Waals surface area contributed by atoms with Crippen LogP contribution in [0.25, 0.3) is 0 Å². The van der Waals surface area contributed by atoms with E-state index in [0.29, 0.717) is 6.04 Å². The van der Waals surface area contributed by atoms with E-state index in [0.717, 1.165) is 17.9 Å². The molecule has 2 aromatic rings. The highest BCUT2D eigenvalue weighted by atomic mass is 32.1. The molecule has 2 aromatic heterocycles. The third-order valence-corrected chi connectivity index (χ3v) is 4.30. The van der Waals surface area contributed by atoms with Crippen LogP contribution in [0.2, 0.25) is 0 Å². The number of pyridine rings is 1. The fourth-order valence-corrected chi connectivity index (χ4v) is 2.87. The highest BCUT2D eigenvalue weighted by Gasteiger charge is 2.30. The van der Waals surface area contributed by atoms with Gasteiger partial charge in [-0.15, -0.1) is 11.3 Å². The first-order valence-corrected chi connectivity index (χ1v) is 7.55. The normalized spacial score (nSPS) is 16.3. The Morgan fingerprint density at radius 3 is 2.79 bits per heavy atom. The Balaban J connectivity index is 1.79. The van der Waals surface area contributed by atoms with E-state index in [1.54, 1.807) is 24.5 Å². The fourth-order valence-electron chi connectivity index (χ4n) is 2.17. The van der Waals surface area contributed by atoms with E-state index in [1.165, 1.54) is 17.7 Å². The van der Waals surface area contributed by atoms with Crippen LogP contribution in [0.1, 0.15) is 36.3 Å². The molecule has 0 saturated heterocycles. The van der Waals surface area contributed by atoms with Gasteiger partial charge in [0, 0.05) is 17.1 Å². The second-order valence-electron chi connectivity index (χ2n) is 5.06. The zero-order valence-electron chi connectivity index (χ0n) is 11.0. The lowest BCUT2D eigenvalue weighted by molar-refractivity contribution is 0.199. The minimum Gasteiger partial charge on any atom is -0.389 e. The SMILES string of the molecule is C[C@H](O)c1ccc(N(Cc2cccs2)C2CC2)nc1. The molecule has 100 valence electrons. The molecular formula is C15H18N2OS. The molecular weight excluding hydrogens is 256 g/mol. The molecule has 1 fully saturated rings. The number of hydrogen-bond donors (Lipinski definition) is 1. The number of rotatable bonds is 5. The van der Waals surface area contributed by atoms with Gasteiger partial charge in [-0.2, -0.15) is 0 Å². The summed E-state index contributed by atoms with van der Waals surface area (Å²) in [6.07, 6.45) is 3.84. The van der Waals surface area contributed by atoms with Crippen molar-refractivity contribution in [3.63, 3.8) is 0 Å². The maximum Gasteiger partial charge on any atom is 0.129 e. The molecule has 0 aromatic carbocycles. The van der Waals surface area contributed by atoms with Crippen molar-refractivity contribution in [3.8, 4) is 0 Å². The Morgan fingerprint density at radius 2 is 2.26 bits per heavy atom. The van der Waals surface area contributed by atoms with Crippen molar-refractivity contribution in [1.82, 2.24) is 4.98 Å². The van der Waals surface area contributed by atoms with Crippen LogP contribution < -0.4 is 4.90 Å². The van der Waals surface area contributed by atoms with Gasteiger partial charge in [0.25, 0.3) is 0 Å². The number of nitrogens with zero attached hydrogens (tertiary/aromatic N) is 2. The van der Waals surface area contributed by atoms with Crippen LogP contribution in [0.3, 0.4) is 0 Å². The van der Waals surface area contributed by atoms with Crippen LogP contribution in [-0.4, -0.2) is 16.1 Å².